The van der Waals surface area contributed by atoms with Gasteiger partial charge in [-0.3, -0.25) is 9.59 Å². The van der Waals surface area contributed by atoms with E-state index < -0.39 is 11.9 Å². The van der Waals surface area contributed by atoms with Gasteiger partial charge in [-0.05, 0) is 42.0 Å². The van der Waals surface area contributed by atoms with Crippen LogP contribution in [0.4, 0.5) is 5.69 Å². The van der Waals surface area contributed by atoms with Gasteiger partial charge in [0.1, 0.15) is 5.75 Å². The fourth-order valence-corrected chi connectivity index (χ4v) is 2.98. The molecule has 1 fully saturated rings. The van der Waals surface area contributed by atoms with Crippen LogP contribution in [0.3, 0.4) is 0 Å². The summed E-state index contributed by atoms with van der Waals surface area (Å²) in [7, 11) is 2.89. The van der Waals surface area contributed by atoms with Gasteiger partial charge in [0.25, 0.3) is 0 Å². The van der Waals surface area contributed by atoms with Crippen molar-refractivity contribution >= 4 is 29.7 Å². The Kier molecular flexibility index (Phi) is 6.23. The lowest BCUT2D eigenvalue weighted by atomic mass is 10.1. The Labute approximate surface area is 168 Å². The van der Waals surface area contributed by atoms with Crippen molar-refractivity contribution < 1.29 is 23.9 Å². The first-order valence-corrected chi connectivity index (χ1v) is 8.97. The predicted octanol–water partition coefficient (Wildman–Crippen LogP) is 1.98. The zero-order chi connectivity index (χ0) is 20.8. The molecule has 0 spiro atoms. The maximum absolute atomic E-state index is 12.4. The number of methoxy groups -OCH3 is 2. The Hall–Kier alpha value is -3.68. The van der Waals surface area contributed by atoms with Gasteiger partial charge in [0, 0.05) is 18.7 Å². The van der Waals surface area contributed by atoms with Gasteiger partial charge in [-0.15, -0.1) is 0 Å². The number of amides is 2. The molecule has 29 heavy (non-hydrogen) atoms. The van der Waals surface area contributed by atoms with E-state index in [1.807, 2.05) is 0 Å². The van der Waals surface area contributed by atoms with Gasteiger partial charge in [-0.2, -0.15) is 5.10 Å². The lowest BCUT2D eigenvalue weighted by molar-refractivity contribution is -0.126. The van der Waals surface area contributed by atoms with E-state index in [9.17, 15) is 14.4 Å². The number of nitrogens with one attached hydrogen (secondary N) is 1. The predicted molar refractivity (Wildman–Crippen MR) is 107 cm³/mol. The maximum atomic E-state index is 12.4. The summed E-state index contributed by atoms with van der Waals surface area (Å²) in [6.45, 7) is 0.292. The summed E-state index contributed by atoms with van der Waals surface area (Å²) in [6.07, 6.45) is 1.60. The number of carbonyl (C=O) groups is 3. The van der Waals surface area contributed by atoms with Crippen LogP contribution in [0.25, 0.3) is 0 Å². The van der Waals surface area contributed by atoms with E-state index >= 15 is 0 Å². The van der Waals surface area contributed by atoms with Crippen LogP contribution in [-0.2, 0) is 14.3 Å². The average molecular weight is 395 g/mol. The minimum absolute atomic E-state index is 0.113. The van der Waals surface area contributed by atoms with Crippen molar-refractivity contribution in [3.8, 4) is 5.75 Å². The Morgan fingerprint density at radius 1 is 1.10 bits per heavy atom. The number of carbonyl (C=O) groups excluding carboxylic acids is 3. The van der Waals surface area contributed by atoms with Crippen LogP contribution >= 0.6 is 0 Å². The lowest BCUT2D eigenvalue weighted by Crippen LogP contribution is -2.30. The van der Waals surface area contributed by atoms with E-state index in [1.165, 1.54) is 13.3 Å². The van der Waals surface area contributed by atoms with Crippen molar-refractivity contribution in [3.05, 3.63) is 59.7 Å². The number of benzene rings is 2. The largest absolute Gasteiger partial charge is 0.497 e. The molecule has 1 aliphatic rings. The molecule has 1 aliphatic heterocycles. The topological polar surface area (TPSA) is 97.3 Å². The second-order valence-electron chi connectivity index (χ2n) is 6.45. The van der Waals surface area contributed by atoms with Crippen molar-refractivity contribution in [2.75, 3.05) is 25.7 Å². The maximum Gasteiger partial charge on any atom is 0.337 e. The molecule has 2 amide bonds. The fourth-order valence-electron chi connectivity index (χ4n) is 2.98. The molecule has 1 atom stereocenters. The zero-order valence-corrected chi connectivity index (χ0v) is 16.1. The Morgan fingerprint density at radius 2 is 1.79 bits per heavy atom. The summed E-state index contributed by atoms with van der Waals surface area (Å²) in [5.74, 6) is -0.643. The molecule has 1 saturated heterocycles. The molecule has 0 bridgehead atoms. The summed E-state index contributed by atoms with van der Waals surface area (Å²) < 4.78 is 9.76. The first-order valence-electron chi connectivity index (χ1n) is 8.97. The minimum Gasteiger partial charge on any atom is -0.497 e. The number of hydrogen-bond acceptors (Lipinski definition) is 6. The van der Waals surface area contributed by atoms with E-state index in [2.05, 4.69) is 15.3 Å². The van der Waals surface area contributed by atoms with E-state index in [1.54, 1.807) is 60.5 Å². The smallest absolute Gasteiger partial charge is 0.337 e. The van der Waals surface area contributed by atoms with Gasteiger partial charge in [0.2, 0.25) is 11.8 Å². The summed E-state index contributed by atoms with van der Waals surface area (Å²) >= 11 is 0. The Balaban J connectivity index is 1.56. The number of ether oxygens (including phenoxy) is 2. The number of anilines is 1. The molecule has 1 heterocycles. The summed E-state index contributed by atoms with van der Waals surface area (Å²) in [5.41, 5.74) is 4.33. The molecule has 2 aromatic rings. The molecule has 1 unspecified atom stereocenters. The zero-order valence-electron chi connectivity index (χ0n) is 16.1. The number of nitrogens with zero attached hydrogens (tertiary/aromatic N) is 2. The normalized spacial score (nSPS) is 16.1. The lowest BCUT2D eigenvalue weighted by Gasteiger charge is -2.16. The average Bonchev–Trinajstić information content (AvgIpc) is 3.15. The third-order valence-electron chi connectivity index (χ3n) is 4.60. The van der Waals surface area contributed by atoms with Gasteiger partial charge < -0.3 is 14.4 Å². The minimum atomic E-state index is -0.483. The Morgan fingerprint density at radius 3 is 2.41 bits per heavy atom. The molecule has 8 nitrogen and oxygen atoms in total. The van der Waals surface area contributed by atoms with E-state index in [-0.39, 0.29) is 18.2 Å². The van der Waals surface area contributed by atoms with Crippen LogP contribution in [0.2, 0.25) is 0 Å². The van der Waals surface area contributed by atoms with E-state index in [4.69, 9.17) is 4.74 Å². The first-order chi connectivity index (χ1) is 14.0. The van der Waals surface area contributed by atoms with Gasteiger partial charge in [0.15, 0.2) is 0 Å². The molecule has 1 N–H and O–H groups in total. The summed E-state index contributed by atoms with van der Waals surface area (Å²) in [5, 5.41) is 3.94. The Bertz CT molecular complexity index is 922. The first kappa shape index (κ1) is 20.1. The van der Waals surface area contributed by atoms with E-state index in [0.717, 1.165) is 5.69 Å². The van der Waals surface area contributed by atoms with Crippen LogP contribution in [0.1, 0.15) is 22.3 Å². The second-order valence-corrected chi connectivity index (χ2v) is 6.45. The quantitative estimate of drug-likeness (QED) is 0.458. The highest BCUT2D eigenvalue weighted by atomic mass is 16.5. The van der Waals surface area contributed by atoms with Gasteiger partial charge in [0.05, 0.1) is 31.9 Å². The molecular formula is C21H21N3O5. The van der Waals surface area contributed by atoms with Gasteiger partial charge >= 0.3 is 5.97 Å². The van der Waals surface area contributed by atoms with Crippen LogP contribution in [0.15, 0.2) is 53.6 Å². The highest BCUT2D eigenvalue weighted by molar-refractivity contribution is 6.00. The molecular weight excluding hydrogens is 374 g/mol. The third kappa shape index (κ3) is 4.78. The van der Waals surface area contributed by atoms with Crippen LogP contribution in [-0.4, -0.2) is 44.8 Å². The molecule has 0 aliphatic carbocycles. The van der Waals surface area contributed by atoms with Crippen LogP contribution < -0.4 is 15.1 Å². The standard InChI is InChI=1S/C21H21N3O5/c1-28-18-9-7-17(8-10-18)24-13-16(11-19(24)25)20(26)23-22-12-14-3-5-15(6-4-14)21(27)29-2/h3-10,12,16H,11,13H2,1-2H3,(H,23,26)/b22-12+. The summed E-state index contributed by atoms with van der Waals surface area (Å²) in [4.78, 5) is 37.6. The molecule has 150 valence electrons. The van der Waals surface area contributed by atoms with Crippen molar-refractivity contribution in [2.45, 2.75) is 6.42 Å². The number of esters is 1. The number of hydrogen-bond donors (Lipinski definition) is 1. The fraction of sp³-hybridized carbons (Fsp3) is 0.238. The molecule has 8 heteroatoms. The third-order valence-corrected chi connectivity index (χ3v) is 4.60. The molecule has 3 rings (SSSR count). The van der Waals surface area contributed by atoms with Crippen molar-refractivity contribution in [2.24, 2.45) is 11.0 Å². The van der Waals surface area contributed by atoms with Crippen molar-refractivity contribution in [1.82, 2.24) is 5.43 Å². The second kappa shape index (κ2) is 9.01. The SMILES string of the molecule is COC(=O)c1ccc(/C=N/NC(=O)C2CC(=O)N(c3ccc(OC)cc3)C2)cc1. The van der Waals surface area contributed by atoms with Crippen LogP contribution in [0, 0.1) is 5.92 Å². The summed E-state index contributed by atoms with van der Waals surface area (Å²) in [6, 6.07) is 13.7. The van der Waals surface area contributed by atoms with Crippen LogP contribution in [0.5, 0.6) is 5.75 Å². The van der Waals surface area contributed by atoms with Crippen molar-refractivity contribution in [1.29, 1.82) is 0 Å². The number of rotatable bonds is 6. The van der Waals surface area contributed by atoms with Gasteiger partial charge in [-0.25, -0.2) is 10.2 Å². The molecule has 0 aromatic heterocycles. The molecule has 2 aromatic carbocycles. The van der Waals surface area contributed by atoms with Crippen molar-refractivity contribution in [3.63, 3.8) is 0 Å². The highest BCUT2D eigenvalue weighted by Crippen LogP contribution is 2.26. The monoisotopic (exact) mass is 395 g/mol. The molecule has 0 radical (unpaired) electrons. The van der Waals surface area contributed by atoms with Gasteiger partial charge in [-0.1, -0.05) is 12.1 Å². The highest BCUT2D eigenvalue weighted by Gasteiger charge is 2.35. The molecule has 0 saturated carbocycles. The number of hydrazone groups is 1. The van der Waals surface area contributed by atoms with E-state index in [0.29, 0.717) is 23.4 Å².